The minimum Gasteiger partial charge on any atom is -0.369 e. The molecule has 2 heterocycles. The lowest BCUT2D eigenvalue weighted by Crippen LogP contribution is -2.02. The minimum atomic E-state index is 0.535. The van der Waals surface area contributed by atoms with Gasteiger partial charge in [-0.2, -0.15) is 0 Å². The Kier molecular flexibility index (Phi) is 5.30. The molecule has 0 N–H and O–H groups in total. The Morgan fingerprint density at radius 2 is 1.12 bits per heavy atom. The summed E-state index contributed by atoms with van der Waals surface area (Å²) in [7, 11) is 0. The fraction of sp³-hybridized carbons (Fsp3) is 1.00. The van der Waals surface area contributed by atoms with Crippen molar-refractivity contribution in [2.24, 2.45) is 0 Å². The van der Waals surface area contributed by atoms with Gasteiger partial charge in [-0.05, 0) is 12.8 Å². The normalized spacial score (nSPS) is 34.9. The van der Waals surface area contributed by atoms with E-state index in [2.05, 4.69) is 13.8 Å². The SMILES string of the molecule is CCCCC[C@@H]1O[C@@H]1C[C@H]1O[C@H]1CCCCC. The van der Waals surface area contributed by atoms with Gasteiger partial charge in [-0.3, -0.25) is 0 Å². The van der Waals surface area contributed by atoms with Crippen molar-refractivity contribution in [2.75, 3.05) is 0 Å². The number of hydrogen-bond acceptors (Lipinski definition) is 2. The van der Waals surface area contributed by atoms with E-state index in [4.69, 9.17) is 9.47 Å². The third-order valence-corrected chi connectivity index (χ3v) is 4.02. The summed E-state index contributed by atoms with van der Waals surface area (Å²) in [5.41, 5.74) is 0. The van der Waals surface area contributed by atoms with Gasteiger partial charge in [0, 0.05) is 6.42 Å². The van der Waals surface area contributed by atoms with Gasteiger partial charge in [0.05, 0.1) is 24.4 Å². The van der Waals surface area contributed by atoms with Crippen LogP contribution in [0.5, 0.6) is 0 Å². The number of ether oxygens (including phenoxy) is 2. The molecular formula is C15H28O2. The summed E-state index contributed by atoms with van der Waals surface area (Å²) >= 11 is 0. The van der Waals surface area contributed by atoms with E-state index in [0.717, 1.165) is 6.42 Å². The zero-order valence-electron chi connectivity index (χ0n) is 11.5. The Bertz CT molecular complexity index is 195. The summed E-state index contributed by atoms with van der Waals surface area (Å²) < 4.78 is 11.4. The second-order valence-corrected chi connectivity index (χ2v) is 5.65. The summed E-state index contributed by atoms with van der Waals surface area (Å²) in [5, 5.41) is 0. The molecule has 2 aliphatic heterocycles. The molecular weight excluding hydrogens is 212 g/mol. The number of unbranched alkanes of at least 4 members (excludes halogenated alkanes) is 4. The van der Waals surface area contributed by atoms with Crippen LogP contribution in [0.1, 0.15) is 71.6 Å². The van der Waals surface area contributed by atoms with Gasteiger partial charge < -0.3 is 9.47 Å². The average molecular weight is 240 g/mol. The predicted molar refractivity (Wildman–Crippen MR) is 70.2 cm³/mol. The fourth-order valence-electron chi connectivity index (χ4n) is 2.70. The summed E-state index contributed by atoms with van der Waals surface area (Å²) in [6, 6.07) is 0. The third kappa shape index (κ3) is 4.59. The predicted octanol–water partition coefficient (Wildman–Crippen LogP) is 4.07. The maximum absolute atomic E-state index is 5.71. The molecule has 0 amide bonds. The van der Waals surface area contributed by atoms with Crippen molar-refractivity contribution in [3.8, 4) is 0 Å². The Hall–Kier alpha value is -0.0800. The van der Waals surface area contributed by atoms with Crippen LogP contribution in [-0.2, 0) is 9.47 Å². The van der Waals surface area contributed by atoms with E-state index in [1.54, 1.807) is 0 Å². The molecule has 4 atom stereocenters. The summed E-state index contributed by atoms with van der Waals surface area (Å²) in [4.78, 5) is 0. The van der Waals surface area contributed by atoms with E-state index in [-0.39, 0.29) is 0 Å². The molecule has 2 nitrogen and oxygen atoms in total. The Balaban J connectivity index is 1.45. The lowest BCUT2D eigenvalue weighted by molar-refractivity contribution is 0.318. The molecule has 2 aliphatic rings. The van der Waals surface area contributed by atoms with Crippen LogP contribution in [-0.4, -0.2) is 24.4 Å². The molecule has 2 saturated heterocycles. The van der Waals surface area contributed by atoms with Crippen molar-refractivity contribution in [3.05, 3.63) is 0 Å². The lowest BCUT2D eigenvalue weighted by atomic mass is 10.1. The fourth-order valence-corrected chi connectivity index (χ4v) is 2.70. The van der Waals surface area contributed by atoms with E-state index >= 15 is 0 Å². The van der Waals surface area contributed by atoms with Gasteiger partial charge in [0.25, 0.3) is 0 Å². The maximum Gasteiger partial charge on any atom is 0.0867 e. The van der Waals surface area contributed by atoms with Crippen molar-refractivity contribution in [1.82, 2.24) is 0 Å². The molecule has 0 bridgehead atoms. The van der Waals surface area contributed by atoms with Gasteiger partial charge in [0.1, 0.15) is 0 Å². The molecule has 0 spiro atoms. The third-order valence-electron chi connectivity index (χ3n) is 4.02. The van der Waals surface area contributed by atoms with Crippen LogP contribution in [0.15, 0.2) is 0 Å². The van der Waals surface area contributed by atoms with Crippen LogP contribution >= 0.6 is 0 Å². The first-order chi connectivity index (χ1) is 8.35. The maximum atomic E-state index is 5.71. The van der Waals surface area contributed by atoms with Crippen LogP contribution in [0.4, 0.5) is 0 Å². The number of hydrogen-bond donors (Lipinski definition) is 0. The van der Waals surface area contributed by atoms with Gasteiger partial charge in [0.2, 0.25) is 0 Å². The van der Waals surface area contributed by atoms with E-state index < -0.39 is 0 Å². The van der Waals surface area contributed by atoms with Crippen LogP contribution < -0.4 is 0 Å². The molecule has 0 aromatic carbocycles. The van der Waals surface area contributed by atoms with E-state index in [9.17, 15) is 0 Å². The summed E-state index contributed by atoms with van der Waals surface area (Å²) in [6.07, 6.45) is 13.9. The number of rotatable bonds is 10. The van der Waals surface area contributed by atoms with E-state index in [1.807, 2.05) is 0 Å². The Morgan fingerprint density at radius 1 is 0.647 bits per heavy atom. The average Bonchev–Trinajstić information content (AvgIpc) is 3.21. The van der Waals surface area contributed by atoms with Crippen molar-refractivity contribution >= 4 is 0 Å². The molecule has 0 saturated carbocycles. The van der Waals surface area contributed by atoms with Crippen molar-refractivity contribution in [3.63, 3.8) is 0 Å². The summed E-state index contributed by atoms with van der Waals surface area (Å²) in [6.45, 7) is 4.51. The van der Waals surface area contributed by atoms with Crippen molar-refractivity contribution in [2.45, 2.75) is 96.1 Å². The van der Waals surface area contributed by atoms with Gasteiger partial charge in [0.15, 0.2) is 0 Å². The first-order valence-corrected chi connectivity index (χ1v) is 7.66. The first-order valence-electron chi connectivity index (χ1n) is 7.66. The molecule has 2 rings (SSSR count). The Labute approximate surface area is 106 Å². The van der Waals surface area contributed by atoms with Gasteiger partial charge in [-0.25, -0.2) is 0 Å². The molecule has 2 fully saturated rings. The molecule has 0 aromatic heterocycles. The largest absolute Gasteiger partial charge is 0.369 e. The smallest absolute Gasteiger partial charge is 0.0867 e. The standard InChI is InChI=1S/C15H28O2/c1-3-5-7-9-12-14(16-12)11-15-13(17-15)10-8-6-4-2/h12-15H,3-11H2,1-2H3/t12-,13-,14+,15+/m0/s1. The molecule has 17 heavy (non-hydrogen) atoms. The zero-order chi connectivity index (χ0) is 12.1. The van der Waals surface area contributed by atoms with Crippen LogP contribution in [0.2, 0.25) is 0 Å². The van der Waals surface area contributed by atoms with Gasteiger partial charge in [-0.1, -0.05) is 52.4 Å². The van der Waals surface area contributed by atoms with Crippen LogP contribution in [0, 0.1) is 0 Å². The Morgan fingerprint density at radius 3 is 1.53 bits per heavy atom. The minimum absolute atomic E-state index is 0.535. The second-order valence-electron chi connectivity index (χ2n) is 5.65. The van der Waals surface area contributed by atoms with Crippen LogP contribution in [0.25, 0.3) is 0 Å². The molecule has 2 heteroatoms. The first kappa shape index (κ1) is 13.4. The highest BCUT2D eigenvalue weighted by Gasteiger charge is 2.47. The monoisotopic (exact) mass is 240 g/mol. The molecule has 100 valence electrons. The van der Waals surface area contributed by atoms with Crippen LogP contribution in [0.3, 0.4) is 0 Å². The van der Waals surface area contributed by atoms with Crippen molar-refractivity contribution < 1.29 is 9.47 Å². The highest BCUT2D eigenvalue weighted by molar-refractivity contribution is 4.94. The van der Waals surface area contributed by atoms with Gasteiger partial charge in [-0.15, -0.1) is 0 Å². The topological polar surface area (TPSA) is 25.1 Å². The van der Waals surface area contributed by atoms with Gasteiger partial charge >= 0.3 is 0 Å². The van der Waals surface area contributed by atoms with E-state index in [1.165, 1.54) is 51.4 Å². The second kappa shape index (κ2) is 6.75. The lowest BCUT2D eigenvalue weighted by Gasteiger charge is -1.95. The molecule has 0 aliphatic carbocycles. The summed E-state index contributed by atoms with van der Waals surface area (Å²) in [5.74, 6) is 0. The molecule has 0 aromatic rings. The van der Waals surface area contributed by atoms with E-state index in [0.29, 0.717) is 24.4 Å². The zero-order valence-corrected chi connectivity index (χ0v) is 11.5. The van der Waals surface area contributed by atoms with Crippen molar-refractivity contribution in [1.29, 1.82) is 0 Å². The molecule has 0 unspecified atom stereocenters. The highest BCUT2D eigenvalue weighted by atomic mass is 16.6. The highest BCUT2D eigenvalue weighted by Crippen LogP contribution is 2.38. The molecule has 0 radical (unpaired) electrons. The quantitative estimate of drug-likeness (QED) is 0.425. The number of epoxide rings is 2.